The van der Waals surface area contributed by atoms with Gasteiger partial charge in [0.25, 0.3) is 0 Å². The van der Waals surface area contributed by atoms with Crippen LogP contribution in [0.4, 0.5) is 0 Å². The second kappa shape index (κ2) is 3.02. The van der Waals surface area contributed by atoms with Crippen molar-refractivity contribution in [3.8, 4) is 0 Å². The Morgan fingerprint density at radius 3 is 2.89 bits per heavy atom. The SMILES string of the molecule is CC1C=CCC(CN)C1. The maximum absolute atomic E-state index is 5.53. The summed E-state index contributed by atoms with van der Waals surface area (Å²) < 4.78 is 0. The molecule has 0 saturated heterocycles. The van der Waals surface area contributed by atoms with Crippen LogP contribution in [-0.4, -0.2) is 6.54 Å². The number of rotatable bonds is 1. The van der Waals surface area contributed by atoms with Crippen LogP contribution in [0.25, 0.3) is 0 Å². The largest absolute Gasteiger partial charge is 0.330 e. The molecule has 2 unspecified atom stereocenters. The van der Waals surface area contributed by atoms with Gasteiger partial charge < -0.3 is 5.73 Å². The van der Waals surface area contributed by atoms with Crippen LogP contribution >= 0.6 is 0 Å². The van der Waals surface area contributed by atoms with Gasteiger partial charge in [0.1, 0.15) is 0 Å². The molecule has 1 aliphatic rings. The first kappa shape index (κ1) is 6.81. The minimum absolute atomic E-state index is 0.755. The summed E-state index contributed by atoms with van der Waals surface area (Å²) in [6, 6.07) is 0. The Hall–Kier alpha value is -0.300. The van der Waals surface area contributed by atoms with Crippen LogP contribution in [0.2, 0.25) is 0 Å². The van der Waals surface area contributed by atoms with Crippen molar-refractivity contribution in [2.24, 2.45) is 17.6 Å². The summed E-state index contributed by atoms with van der Waals surface area (Å²) in [6.45, 7) is 3.10. The molecule has 2 atom stereocenters. The maximum atomic E-state index is 5.53. The fourth-order valence-electron chi connectivity index (χ4n) is 1.40. The van der Waals surface area contributed by atoms with Crippen LogP contribution in [0, 0.1) is 11.8 Å². The van der Waals surface area contributed by atoms with Crippen molar-refractivity contribution < 1.29 is 0 Å². The standard InChI is InChI=1S/C8H15N/c1-7-3-2-4-8(5-7)6-9/h2-3,7-8H,4-6,9H2,1H3. The van der Waals surface area contributed by atoms with Gasteiger partial charge in [0.2, 0.25) is 0 Å². The lowest BCUT2D eigenvalue weighted by molar-refractivity contribution is 0.425. The number of hydrogen-bond donors (Lipinski definition) is 1. The second-order valence-corrected chi connectivity index (χ2v) is 2.98. The molecule has 1 nitrogen and oxygen atoms in total. The Labute approximate surface area is 56.9 Å². The van der Waals surface area contributed by atoms with E-state index >= 15 is 0 Å². The average Bonchev–Trinajstić information content (AvgIpc) is 1.88. The van der Waals surface area contributed by atoms with Crippen LogP contribution in [0.15, 0.2) is 12.2 Å². The van der Waals surface area contributed by atoms with Crippen LogP contribution < -0.4 is 5.73 Å². The smallest absolute Gasteiger partial charge is 0.00457 e. The first-order valence-corrected chi connectivity index (χ1v) is 3.69. The molecule has 0 fully saturated rings. The van der Waals surface area contributed by atoms with Gasteiger partial charge in [-0.2, -0.15) is 0 Å². The van der Waals surface area contributed by atoms with Crippen molar-refractivity contribution >= 4 is 0 Å². The predicted molar refractivity (Wildman–Crippen MR) is 40.1 cm³/mol. The minimum Gasteiger partial charge on any atom is -0.330 e. The van der Waals surface area contributed by atoms with Gasteiger partial charge in [-0.05, 0) is 31.2 Å². The van der Waals surface area contributed by atoms with E-state index in [4.69, 9.17) is 5.73 Å². The lowest BCUT2D eigenvalue weighted by Gasteiger charge is -2.19. The third kappa shape index (κ3) is 1.83. The lowest BCUT2D eigenvalue weighted by Crippen LogP contribution is -2.18. The molecule has 1 heteroatoms. The normalized spacial score (nSPS) is 34.9. The fraction of sp³-hybridized carbons (Fsp3) is 0.750. The third-order valence-electron chi connectivity index (χ3n) is 1.97. The van der Waals surface area contributed by atoms with Gasteiger partial charge in [0, 0.05) is 0 Å². The van der Waals surface area contributed by atoms with Gasteiger partial charge in [-0.3, -0.25) is 0 Å². The van der Waals surface area contributed by atoms with Gasteiger partial charge >= 0.3 is 0 Å². The van der Waals surface area contributed by atoms with Gasteiger partial charge in [-0.25, -0.2) is 0 Å². The van der Waals surface area contributed by atoms with Gasteiger partial charge in [0.05, 0.1) is 0 Å². The van der Waals surface area contributed by atoms with Crippen molar-refractivity contribution in [2.45, 2.75) is 19.8 Å². The summed E-state index contributed by atoms with van der Waals surface area (Å²) in [5.41, 5.74) is 5.53. The lowest BCUT2D eigenvalue weighted by atomic mass is 9.88. The van der Waals surface area contributed by atoms with E-state index in [1.165, 1.54) is 12.8 Å². The van der Waals surface area contributed by atoms with E-state index in [0.717, 1.165) is 18.4 Å². The second-order valence-electron chi connectivity index (χ2n) is 2.98. The maximum Gasteiger partial charge on any atom is -0.00457 e. The molecule has 0 aromatic heterocycles. The zero-order valence-electron chi connectivity index (χ0n) is 6.01. The Morgan fingerprint density at radius 1 is 1.67 bits per heavy atom. The topological polar surface area (TPSA) is 26.0 Å². The third-order valence-corrected chi connectivity index (χ3v) is 1.97. The highest BCUT2D eigenvalue weighted by molar-refractivity contribution is 4.94. The van der Waals surface area contributed by atoms with Crippen LogP contribution in [-0.2, 0) is 0 Å². The van der Waals surface area contributed by atoms with Crippen molar-refractivity contribution in [3.05, 3.63) is 12.2 Å². The summed E-state index contributed by atoms with van der Waals surface area (Å²) in [5, 5.41) is 0. The molecule has 0 heterocycles. The Bertz CT molecular complexity index is 107. The van der Waals surface area contributed by atoms with E-state index in [2.05, 4.69) is 19.1 Å². The van der Waals surface area contributed by atoms with Crippen LogP contribution in [0.3, 0.4) is 0 Å². The molecule has 1 rings (SSSR count). The van der Waals surface area contributed by atoms with E-state index in [1.54, 1.807) is 0 Å². The predicted octanol–water partition coefficient (Wildman–Crippen LogP) is 1.55. The van der Waals surface area contributed by atoms with E-state index in [-0.39, 0.29) is 0 Å². The Morgan fingerprint density at radius 2 is 2.44 bits per heavy atom. The summed E-state index contributed by atoms with van der Waals surface area (Å²) in [7, 11) is 0. The molecule has 2 N–H and O–H groups in total. The molecule has 0 aliphatic heterocycles. The molecular formula is C8H15N. The number of allylic oxidation sites excluding steroid dienone is 2. The van der Waals surface area contributed by atoms with Crippen LogP contribution in [0.1, 0.15) is 19.8 Å². The van der Waals surface area contributed by atoms with Crippen molar-refractivity contribution in [3.63, 3.8) is 0 Å². The van der Waals surface area contributed by atoms with Crippen LogP contribution in [0.5, 0.6) is 0 Å². The van der Waals surface area contributed by atoms with Gasteiger partial charge in [-0.1, -0.05) is 19.1 Å². The van der Waals surface area contributed by atoms with Gasteiger partial charge in [-0.15, -0.1) is 0 Å². The Kier molecular flexibility index (Phi) is 2.29. The molecule has 0 saturated carbocycles. The van der Waals surface area contributed by atoms with Crippen molar-refractivity contribution in [2.75, 3.05) is 6.54 Å². The molecular weight excluding hydrogens is 110 g/mol. The zero-order valence-corrected chi connectivity index (χ0v) is 6.01. The summed E-state index contributed by atoms with van der Waals surface area (Å²) in [5.74, 6) is 1.51. The summed E-state index contributed by atoms with van der Waals surface area (Å²) in [4.78, 5) is 0. The molecule has 0 aromatic rings. The van der Waals surface area contributed by atoms with Gasteiger partial charge in [0.15, 0.2) is 0 Å². The molecule has 0 radical (unpaired) electrons. The monoisotopic (exact) mass is 125 g/mol. The molecule has 0 aromatic carbocycles. The average molecular weight is 125 g/mol. The summed E-state index contributed by atoms with van der Waals surface area (Å²) in [6.07, 6.45) is 7.02. The fourth-order valence-corrected chi connectivity index (χ4v) is 1.40. The molecule has 0 spiro atoms. The first-order valence-electron chi connectivity index (χ1n) is 3.69. The highest BCUT2D eigenvalue weighted by Gasteiger charge is 2.11. The molecule has 0 amide bonds. The van der Waals surface area contributed by atoms with E-state index in [0.29, 0.717) is 0 Å². The molecule has 9 heavy (non-hydrogen) atoms. The molecule has 0 bridgehead atoms. The van der Waals surface area contributed by atoms with Crippen molar-refractivity contribution in [1.82, 2.24) is 0 Å². The number of nitrogens with two attached hydrogens (primary N) is 1. The highest BCUT2D eigenvalue weighted by Crippen LogP contribution is 2.21. The molecule has 52 valence electrons. The van der Waals surface area contributed by atoms with E-state index < -0.39 is 0 Å². The van der Waals surface area contributed by atoms with E-state index in [9.17, 15) is 0 Å². The van der Waals surface area contributed by atoms with E-state index in [1.807, 2.05) is 0 Å². The highest BCUT2D eigenvalue weighted by atomic mass is 14.5. The Balaban J connectivity index is 2.38. The number of hydrogen-bond acceptors (Lipinski definition) is 1. The quantitative estimate of drug-likeness (QED) is 0.529. The summed E-state index contributed by atoms with van der Waals surface area (Å²) >= 11 is 0. The first-order chi connectivity index (χ1) is 4.33. The minimum atomic E-state index is 0.755. The van der Waals surface area contributed by atoms with Crippen molar-refractivity contribution in [1.29, 1.82) is 0 Å². The molecule has 1 aliphatic carbocycles. The zero-order chi connectivity index (χ0) is 6.69.